The highest BCUT2D eigenvalue weighted by Gasteiger charge is 2.22. The van der Waals surface area contributed by atoms with E-state index < -0.39 is 5.60 Å². The van der Waals surface area contributed by atoms with E-state index in [-0.39, 0.29) is 0 Å². The van der Waals surface area contributed by atoms with E-state index in [0.29, 0.717) is 12.5 Å². The van der Waals surface area contributed by atoms with Gasteiger partial charge in [0.15, 0.2) is 0 Å². The van der Waals surface area contributed by atoms with E-state index in [1.54, 1.807) is 11.3 Å². The van der Waals surface area contributed by atoms with Gasteiger partial charge in [-0.05, 0) is 48.2 Å². The minimum absolute atomic E-state index is 0.623. The molecule has 2 atom stereocenters. The normalized spacial score (nSPS) is 17.0. The molecule has 0 saturated heterocycles. The van der Waals surface area contributed by atoms with Crippen molar-refractivity contribution in [1.29, 1.82) is 0 Å². The fraction of sp³-hybridized carbons (Fsp3) is 0.692. The van der Waals surface area contributed by atoms with Gasteiger partial charge >= 0.3 is 0 Å². The fourth-order valence-corrected chi connectivity index (χ4v) is 2.61. The van der Waals surface area contributed by atoms with E-state index in [0.717, 1.165) is 12.1 Å². The molecule has 1 heterocycles. The lowest BCUT2D eigenvalue weighted by Gasteiger charge is -2.24. The van der Waals surface area contributed by atoms with Gasteiger partial charge in [0.05, 0.1) is 5.60 Å². The van der Waals surface area contributed by atoms with Gasteiger partial charge in [0.1, 0.15) is 0 Å². The lowest BCUT2D eigenvalue weighted by atomic mass is 9.99. The average Bonchev–Trinajstić information content (AvgIpc) is 2.71. The largest absolute Gasteiger partial charge is 0.384 e. The Morgan fingerprint density at radius 2 is 2.31 bits per heavy atom. The molecule has 0 radical (unpaired) electrons. The highest BCUT2D eigenvalue weighted by atomic mass is 32.1. The first-order chi connectivity index (χ1) is 7.56. The van der Waals surface area contributed by atoms with Gasteiger partial charge < -0.3 is 10.4 Å². The maximum absolute atomic E-state index is 10.3. The van der Waals surface area contributed by atoms with Crippen molar-refractivity contribution in [2.45, 2.75) is 39.2 Å². The summed E-state index contributed by atoms with van der Waals surface area (Å²) in [5.41, 5.74) is 0.263. The van der Waals surface area contributed by atoms with Crippen LogP contribution in [0.5, 0.6) is 0 Å². The summed E-state index contributed by atoms with van der Waals surface area (Å²) >= 11 is 1.63. The van der Waals surface area contributed by atoms with Crippen LogP contribution in [0.1, 0.15) is 39.2 Å². The second kappa shape index (κ2) is 6.38. The minimum Gasteiger partial charge on any atom is -0.384 e. The number of aliphatic hydroxyl groups is 1. The summed E-state index contributed by atoms with van der Waals surface area (Å²) in [5, 5.41) is 17.6. The molecule has 0 bridgehead atoms. The molecular weight excluding hydrogens is 218 g/mol. The van der Waals surface area contributed by atoms with Gasteiger partial charge in [-0.3, -0.25) is 0 Å². The molecule has 0 aromatic carbocycles. The molecule has 1 rings (SSSR count). The molecular formula is C13H23NOS. The Labute approximate surface area is 103 Å². The van der Waals surface area contributed by atoms with Crippen LogP contribution in [0.4, 0.5) is 0 Å². The Balaban J connectivity index is 2.32. The molecule has 2 unspecified atom stereocenters. The lowest BCUT2D eigenvalue weighted by molar-refractivity contribution is 0.0566. The molecule has 0 aliphatic heterocycles. The third-order valence-corrected chi connectivity index (χ3v) is 3.57. The second-order valence-electron chi connectivity index (χ2n) is 4.81. The van der Waals surface area contributed by atoms with Gasteiger partial charge in [-0.2, -0.15) is 11.3 Å². The Kier molecular flexibility index (Phi) is 5.46. The van der Waals surface area contributed by atoms with Crippen molar-refractivity contribution < 1.29 is 5.11 Å². The highest BCUT2D eigenvalue weighted by molar-refractivity contribution is 7.08. The van der Waals surface area contributed by atoms with Gasteiger partial charge in [0, 0.05) is 6.54 Å². The van der Waals surface area contributed by atoms with E-state index in [4.69, 9.17) is 0 Å². The van der Waals surface area contributed by atoms with Crippen molar-refractivity contribution in [3.63, 3.8) is 0 Å². The molecule has 2 N–H and O–H groups in total. The molecule has 16 heavy (non-hydrogen) atoms. The first-order valence-electron chi connectivity index (χ1n) is 6.02. The second-order valence-corrected chi connectivity index (χ2v) is 5.59. The minimum atomic E-state index is -0.744. The van der Waals surface area contributed by atoms with Gasteiger partial charge in [-0.1, -0.05) is 20.3 Å². The van der Waals surface area contributed by atoms with Crippen LogP contribution in [0.25, 0.3) is 0 Å². The third-order valence-electron chi connectivity index (χ3n) is 2.89. The number of rotatable bonds is 7. The van der Waals surface area contributed by atoms with Crippen molar-refractivity contribution in [3.05, 3.63) is 22.4 Å². The Bertz CT molecular complexity index is 282. The summed E-state index contributed by atoms with van der Waals surface area (Å²) in [7, 11) is 0. The molecule has 92 valence electrons. The van der Waals surface area contributed by atoms with Gasteiger partial charge in [0.25, 0.3) is 0 Å². The predicted molar refractivity (Wildman–Crippen MR) is 70.8 cm³/mol. The first-order valence-corrected chi connectivity index (χ1v) is 6.96. The summed E-state index contributed by atoms with van der Waals surface area (Å²) in [5.74, 6) is 0.684. The maximum Gasteiger partial charge on any atom is 0.1000 e. The van der Waals surface area contributed by atoms with Gasteiger partial charge in [-0.15, -0.1) is 0 Å². The van der Waals surface area contributed by atoms with Crippen molar-refractivity contribution in [2.24, 2.45) is 5.92 Å². The van der Waals surface area contributed by atoms with E-state index in [1.165, 1.54) is 12.8 Å². The summed E-state index contributed by atoms with van der Waals surface area (Å²) in [6.07, 6.45) is 2.47. The monoisotopic (exact) mass is 241 g/mol. The molecule has 0 fully saturated rings. The van der Waals surface area contributed by atoms with Crippen LogP contribution in [0.15, 0.2) is 16.8 Å². The average molecular weight is 241 g/mol. The van der Waals surface area contributed by atoms with Gasteiger partial charge in [0.2, 0.25) is 0 Å². The standard InChI is InChI=1S/C13H23NOS/c1-4-5-11(2)8-14-10-13(3,15)12-6-7-16-9-12/h6-7,9,11,14-15H,4-5,8,10H2,1-3H3. The van der Waals surface area contributed by atoms with Crippen LogP contribution in [-0.4, -0.2) is 18.2 Å². The van der Waals surface area contributed by atoms with Crippen LogP contribution in [0.3, 0.4) is 0 Å². The molecule has 1 aromatic rings. The molecule has 1 aromatic heterocycles. The Morgan fingerprint density at radius 1 is 1.56 bits per heavy atom. The zero-order valence-corrected chi connectivity index (χ0v) is 11.3. The molecule has 0 aliphatic rings. The van der Waals surface area contributed by atoms with Crippen molar-refractivity contribution in [1.82, 2.24) is 5.32 Å². The lowest BCUT2D eigenvalue weighted by Crippen LogP contribution is -2.37. The molecule has 0 spiro atoms. The quantitative estimate of drug-likeness (QED) is 0.769. The van der Waals surface area contributed by atoms with E-state index >= 15 is 0 Å². The summed E-state index contributed by atoms with van der Waals surface area (Å²) in [4.78, 5) is 0. The van der Waals surface area contributed by atoms with E-state index in [9.17, 15) is 5.11 Å². The van der Waals surface area contributed by atoms with E-state index in [1.807, 2.05) is 23.8 Å². The highest BCUT2D eigenvalue weighted by Crippen LogP contribution is 2.22. The summed E-state index contributed by atoms with van der Waals surface area (Å²) < 4.78 is 0. The number of thiophene rings is 1. The SMILES string of the molecule is CCCC(C)CNCC(C)(O)c1ccsc1. The zero-order valence-electron chi connectivity index (χ0n) is 10.5. The molecule has 0 saturated carbocycles. The third kappa shape index (κ3) is 4.24. The number of hydrogen-bond acceptors (Lipinski definition) is 3. The molecule has 0 aliphatic carbocycles. The van der Waals surface area contributed by atoms with Crippen molar-refractivity contribution in [3.8, 4) is 0 Å². The van der Waals surface area contributed by atoms with Crippen LogP contribution in [-0.2, 0) is 5.60 Å². The van der Waals surface area contributed by atoms with Crippen LogP contribution < -0.4 is 5.32 Å². The first kappa shape index (κ1) is 13.7. The fourth-order valence-electron chi connectivity index (χ4n) is 1.83. The zero-order chi connectivity index (χ0) is 12.0. The molecule has 2 nitrogen and oxygen atoms in total. The van der Waals surface area contributed by atoms with Crippen LogP contribution >= 0.6 is 11.3 Å². The maximum atomic E-state index is 10.3. The predicted octanol–water partition coefficient (Wildman–Crippen LogP) is 2.98. The number of nitrogens with one attached hydrogen (secondary N) is 1. The van der Waals surface area contributed by atoms with Crippen molar-refractivity contribution >= 4 is 11.3 Å². The van der Waals surface area contributed by atoms with Crippen LogP contribution in [0.2, 0.25) is 0 Å². The van der Waals surface area contributed by atoms with E-state index in [2.05, 4.69) is 19.2 Å². The number of hydrogen-bond donors (Lipinski definition) is 2. The van der Waals surface area contributed by atoms with Crippen molar-refractivity contribution in [2.75, 3.05) is 13.1 Å². The smallest absolute Gasteiger partial charge is 0.1000 e. The van der Waals surface area contributed by atoms with Crippen LogP contribution in [0, 0.1) is 5.92 Å². The topological polar surface area (TPSA) is 32.3 Å². The summed E-state index contributed by atoms with van der Waals surface area (Å²) in [6, 6.07) is 1.99. The Morgan fingerprint density at radius 3 is 2.88 bits per heavy atom. The van der Waals surface area contributed by atoms with Gasteiger partial charge in [-0.25, -0.2) is 0 Å². The Hall–Kier alpha value is -0.380. The molecule has 3 heteroatoms. The molecule has 0 amide bonds. The summed E-state index contributed by atoms with van der Waals surface area (Å²) in [6.45, 7) is 7.92.